The summed E-state index contributed by atoms with van der Waals surface area (Å²) in [6.45, 7) is 3.65. The van der Waals surface area contributed by atoms with Gasteiger partial charge in [0.1, 0.15) is 12.1 Å². The number of aliphatic hydroxyl groups excluding tert-OH is 2. The molecule has 0 bridgehead atoms. The summed E-state index contributed by atoms with van der Waals surface area (Å²) in [5.41, 5.74) is 3.50. The van der Waals surface area contributed by atoms with Crippen molar-refractivity contribution in [3.63, 3.8) is 0 Å². The highest BCUT2D eigenvalue weighted by Crippen LogP contribution is 2.36. The Morgan fingerprint density at radius 3 is 2.44 bits per heavy atom. The first kappa shape index (κ1) is 24.3. The summed E-state index contributed by atoms with van der Waals surface area (Å²) < 4.78 is 0.919. The van der Waals surface area contributed by atoms with Gasteiger partial charge in [0.2, 0.25) is 0 Å². The smallest absolute Gasteiger partial charge is 0.253 e. The molecule has 1 atom stereocenters. The first-order chi connectivity index (χ1) is 17.7. The van der Waals surface area contributed by atoms with Gasteiger partial charge in [-0.15, -0.1) is 11.3 Å². The number of nitrogens with one attached hydrogen (secondary N) is 1. The maximum atomic E-state index is 13.0. The van der Waals surface area contributed by atoms with Gasteiger partial charge in [-0.05, 0) is 29.3 Å². The van der Waals surface area contributed by atoms with Crippen LogP contribution >= 0.6 is 11.3 Å². The van der Waals surface area contributed by atoms with Gasteiger partial charge in [0.05, 0.1) is 29.5 Å². The fraction of sp³-hybridized carbons (Fsp3) is 0.296. The second-order valence-corrected chi connectivity index (χ2v) is 9.82. The molecule has 2 aromatic heterocycles. The number of fused-ring (bicyclic) bond motifs is 1. The van der Waals surface area contributed by atoms with Gasteiger partial charge in [-0.3, -0.25) is 9.69 Å². The van der Waals surface area contributed by atoms with Gasteiger partial charge in [0.15, 0.2) is 0 Å². The number of benzene rings is 2. The Hall–Kier alpha value is -3.37. The van der Waals surface area contributed by atoms with Crippen molar-refractivity contribution in [2.24, 2.45) is 0 Å². The van der Waals surface area contributed by atoms with E-state index in [1.807, 2.05) is 65.6 Å². The SMILES string of the molecule is O=C(c1ccc(-c2cc3ncnc(NC(CO)c4ccccc4)c3s2)cc1)N1CCN(CCO)CC1. The predicted octanol–water partition coefficient (Wildman–Crippen LogP) is 3.25. The number of aliphatic hydroxyl groups is 2. The molecule has 1 saturated heterocycles. The number of rotatable bonds is 8. The Labute approximate surface area is 213 Å². The van der Waals surface area contributed by atoms with Crippen molar-refractivity contribution >= 4 is 33.3 Å². The van der Waals surface area contributed by atoms with Crippen LogP contribution in [0.2, 0.25) is 0 Å². The van der Waals surface area contributed by atoms with E-state index >= 15 is 0 Å². The number of thiophene rings is 1. The van der Waals surface area contributed by atoms with Crippen LogP contribution in [0.1, 0.15) is 22.0 Å². The molecule has 0 aliphatic carbocycles. The van der Waals surface area contributed by atoms with Crippen molar-refractivity contribution in [1.29, 1.82) is 0 Å². The Kier molecular flexibility index (Phi) is 7.52. The molecular weight excluding hydrogens is 474 g/mol. The number of carbonyl (C=O) groups excluding carboxylic acids is 1. The number of nitrogens with zero attached hydrogens (tertiary/aromatic N) is 4. The molecule has 1 amide bonds. The summed E-state index contributed by atoms with van der Waals surface area (Å²) >= 11 is 1.58. The quantitative estimate of drug-likeness (QED) is 0.339. The van der Waals surface area contributed by atoms with Crippen LogP contribution in [0.15, 0.2) is 67.0 Å². The summed E-state index contributed by atoms with van der Waals surface area (Å²) in [7, 11) is 0. The third-order valence-corrected chi connectivity index (χ3v) is 7.68. The molecule has 5 rings (SSSR count). The highest BCUT2D eigenvalue weighted by molar-refractivity contribution is 7.22. The van der Waals surface area contributed by atoms with E-state index in [1.54, 1.807) is 11.3 Å². The van der Waals surface area contributed by atoms with E-state index in [4.69, 9.17) is 5.11 Å². The lowest BCUT2D eigenvalue weighted by atomic mass is 10.1. The van der Waals surface area contributed by atoms with Crippen molar-refractivity contribution in [2.45, 2.75) is 6.04 Å². The topological polar surface area (TPSA) is 102 Å². The third-order valence-electron chi connectivity index (χ3n) is 6.50. The lowest BCUT2D eigenvalue weighted by molar-refractivity contribution is 0.0615. The number of carbonyl (C=O) groups is 1. The number of hydrogen-bond donors (Lipinski definition) is 3. The average molecular weight is 504 g/mol. The zero-order valence-electron chi connectivity index (χ0n) is 19.9. The first-order valence-electron chi connectivity index (χ1n) is 12.1. The zero-order chi connectivity index (χ0) is 24.9. The molecule has 4 aromatic rings. The normalized spacial score (nSPS) is 15.2. The minimum atomic E-state index is -0.273. The van der Waals surface area contributed by atoms with Crippen LogP contribution in [-0.4, -0.2) is 81.8 Å². The summed E-state index contributed by atoms with van der Waals surface area (Å²) in [5.74, 6) is 0.723. The summed E-state index contributed by atoms with van der Waals surface area (Å²) in [6.07, 6.45) is 1.53. The van der Waals surface area contributed by atoms with Crippen LogP contribution in [0.3, 0.4) is 0 Å². The first-order valence-corrected chi connectivity index (χ1v) is 12.9. The number of β-amino-alcohol motifs (C(OH)–C–C–N with tert-alkyl or cyclic N) is 1. The van der Waals surface area contributed by atoms with Crippen molar-refractivity contribution in [3.8, 4) is 10.4 Å². The molecule has 36 heavy (non-hydrogen) atoms. The standard InChI is InChI=1S/C27H29N5O3S/c33-15-14-31-10-12-32(13-11-31)27(35)21-8-6-20(7-9-21)24-16-22-25(36-24)26(29-18-28-22)30-23(17-34)19-4-2-1-3-5-19/h1-9,16,18,23,33-34H,10-15,17H2,(H,28,29,30). The van der Waals surface area contributed by atoms with Crippen LogP contribution < -0.4 is 5.32 Å². The highest BCUT2D eigenvalue weighted by atomic mass is 32.1. The fourth-order valence-corrected chi connectivity index (χ4v) is 5.53. The van der Waals surface area contributed by atoms with Gasteiger partial charge in [-0.2, -0.15) is 0 Å². The number of hydrogen-bond acceptors (Lipinski definition) is 8. The molecule has 2 aromatic carbocycles. The van der Waals surface area contributed by atoms with E-state index in [0.29, 0.717) is 31.0 Å². The van der Waals surface area contributed by atoms with E-state index in [9.17, 15) is 9.90 Å². The van der Waals surface area contributed by atoms with Gasteiger partial charge >= 0.3 is 0 Å². The number of amides is 1. The molecular formula is C27H29N5O3S. The maximum absolute atomic E-state index is 13.0. The van der Waals surface area contributed by atoms with Crippen molar-refractivity contribution in [2.75, 3.05) is 51.3 Å². The monoisotopic (exact) mass is 503 g/mol. The van der Waals surface area contributed by atoms with Gasteiger partial charge in [-0.25, -0.2) is 9.97 Å². The molecule has 0 radical (unpaired) electrons. The summed E-state index contributed by atoms with van der Waals surface area (Å²) in [4.78, 5) is 26.9. The van der Waals surface area contributed by atoms with Gasteiger partial charge in [0.25, 0.3) is 5.91 Å². The summed E-state index contributed by atoms with van der Waals surface area (Å²) in [5, 5.41) is 22.4. The summed E-state index contributed by atoms with van der Waals surface area (Å²) in [6, 6.07) is 19.3. The van der Waals surface area contributed by atoms with Crippen LogP contribution in [0, 0.1) is 0 Å². The van der Waals surface area contributed by atoms with E-state index in [-0.39, 0.29) is 25.2 Å². The maximum Gasteiger partial charge on any atom is 0.253 e. The minimum Gasteiger partial charge on any atom is -0.395 e. The molecule has 3 N–H and O–H groups in total. The number of aromatic nitrogens is 2. The number of anilines is 1. The molecule has 1 fully saturated rings. The second kappa shape index (κ2) is 11.1. The second-order valence-electron chi connectivity index (χ2n) is 8.77. The molecule has 3 heterocycles. The Bertz CT molecular complexity index is 1300. The molecule has 1 aliphatic rings. The molecule has 186 valence electrons. The lowest BCUT2D eigenvalue weighted by Crippen LogP contribution is -2.49. The predicted molar refractivity (Wildman–Crippen MR) is 142 cm³/mol. The van der Waals surface area contributed by atoms with Gasteiger partial charge < -0.3 is 20.4 Å². The average Bonchev–Trinajstić information content (AvgIpc) is 3.38. The molecule has 8 nitrogen and oxygen atoms in total. The third kappa shape index (κ3) is 5.24. The molecule has 0 saturated carbocycles. The zero-order valence-corrected chi connectivity index (χ0v) is 20.7. The van der Waals surface area contributed by atoms with E-state index in [1.165, 1.54) is 6.33 Å². The van der Waals surface area contributed by atoms with Crippen molar-refractivity contribution in [1.82, 2.24) is 19.8 Å². The van der Waals surface area contributed by atoms with Gasteiger partial charge in [0, 0.05) is 43.2 Å². The van der Waals surface area contributed by atoms with Crippen LogP contribution in [0.4, 0.5) is 5.82 Å². The van der Waals surface area contributed by atoms with Crippen LogP contribution in [0.25, 0.3) is 20.7 Å². The lowest BCUT2D eigenvalue weighted by Gasteiger charge is -2.34. The highest BCUT2D eigenvalue weighted by Gasteiger charge is 2.22. The fourth-order valence-electron chi connectivity index (χ4n) is 4.46. The molecule has 1 unspecified atom stereocenters. The van der Waals surface area contributed by atoms with Crippen LogP contribution in [-0.2, 0) is 0 Å². The largest absolute Gasteiger partial charge is 0.395 e. The van der Waals surface area contributed by atoms with E-state index < -0.39 is 0 Å². The Morgan fingerprint density at radius 2 is 1.75 bits per heavy atom. The van der Waals surface area contributed by atoms with E-state index in [2.05, 4.69) is 20.2 Å². The van der Waals surface area contributed by atoms with Crippen molar-refractivity contribution in [3.05, 3.63) is 78.1 Å². The molecule has 0 spiro atoms. The number of piperazine rings is 1. The van der Waals surface area contributed by atoms with Gasteiger partial charge in [-0.1, -0.05) is 42.5 Å². The molecule has 1 aliphatic heterocycles. The van der Waals surface area contributed by atoms with Crippen molar-refractivity contribution < 1.29 is 15.0 Å². The minimum absolute atomic E-state index is 0.0369. The Balaban J connectivity index is 1.32. The Morgan fingerprint density at radius 1 is 1.00 bits per heavy atom. The van der Waals surface area contributed by atoms with Crippen LogP contribution in [0.5, 0.6) is 0 Å². The van der Waals surface area contributed by atoms with E-state index in [0.717, 1.165) is 39.3 Å². The molecule has 9 heteroatoms.